The van der Waals surface area contributed by atoms with Crippen LogP contribution in [0.2, 0.25) is 0 Å². The van der Waals surface area contributed by atoms with E-state index >= 15 is 0 Å². The molecule has 0 radical (unpaired) electrons. The highest BCUT2D eigenvalue weighted by Crippen LogP contribution is 2.17. The molecule has 4 heteroatoms. The summed E-state index contributed by atoms with van der Waals surface area (Å²) in [4.78, 5) is 15.6. The predicted molar refractivity (Wildman–Crippen MR) is 57.9 cm³/mol. The second-order valence-corrected chi connectivity index (χ2v) is 3.69. The molecule has 1 amide bonds. The Morgan fingerprint density at radius 3 is 2.60 bits per heavy atom. The van der Waals surface area contributed by atoms with E-state index in [1.165, 1.54) is 0 Å². The number of hydrogen-bond acceptors (Lipinski definition) is 2. The molecule has 0 aliphatic carbocycles. The molecule has 78 valence electrons. The second kappa shape index (κ2) is 3.08. The molecule has 0 unspecified atom stereocenters. The number of fused-ring (bicyclic) bond motifs is 1. The zero-order valence-electron chi connectivity index (χ0n) is 9.03. The number of imidazole rings is 1. The number of carbonyl (C=O) groups excluding carboxylic acids is 1. The fourth-order valence-electron chi connectivity index (χ4n) is 1.77. The van der Waals surface area contributed by atoms with E-state index in [2.05, 4.69) is 4.98 Å². The molecule has 0 atom stereocenters. The van der Waals surface area contributed by atoms with Gasteiger partial charge in [-0.05, 0) is 32.9 Å². The molecular weight excluding hydrogens is 190 g/mol. The lowest BCUT2D eigenvalue weighted by atomic mass is 10.2. The minimum Gasteiger partial charge on any atom is -0.365 e. The van der Waals surface area contributed by atoms with Crippen molar-refractivity contribution >= 4 is 11.6 Å². The first kappa shape index (κ1) is 9.71. The summed E-state index contributed by atoms with van der Waals surface area (Å²) in [7, 11) is 0. The normalized spacial score (nSPS) is 10.9. The maximum atomic E-state index is 11.2. The molecule has 0 saturated carbocycles. The van der Waals surface area contributed by atoms with Crippen molar-refractivity contribution in [2.24, 2.45) is 5.73 Å². The van der Waals surface area contributed by atoms with E-state index in [4.69, 9.17) is 5.73 Å². The number of aromatic nitrogens is 2. The summed E-state index contributed by atoms with van der Waals surface area (Å²) in [6.07, 6.45) is 0. The third-order valence-electron chi connectivity index (χ3n) is 2.69. The SMILES string of the molecule is Cc1nc2c(C(N)=O)ccc(C)n2c1C. The Balaban J connectivity index is 2.95. The number of nitrogens with zero attached hydrogens (tertiary/aromatic N) is 2. The van der Waals surface area contributed by atoms with Gasteiger partial charge in [-0.15, -0.1) is 0 Å². The highest BCUT2D eigenvalue weighted by Gasteiger charge is 2.13. The van der Waals surface area contributed by atoms with E-state index in [0.29, 0.717) is 11.2 Å². The molecule has 2 rings (SSSR count). The molecule has 0 fully saturated rings. The summed E-state index contributed by atoms with van der Waals surface area (Å²) in [5.74, 6) is -0.440. The van der Waals surface area contributed by atoms with Crippen LogP contribution in [0.15, 0.2) is 12.1 Å². The zero-order valence-corrected chi connectivity index (χ0v) is 9.03. The van der Waals surface area contributed by atoms with Crippen LogP contribution in [-0.4, -0.2) is 15.3 Å². The van der Waals surface area contributed by atoms with Crippen LogP contribution in [0.4, 0.5) is 0 Å². The summed E-state index contributed by atoms with van der Waals surface area (Å²) >= 11 is 0. The molecule has 2 N–H and O–H groups in total. The van der Waals surface area contributed by atoms with Crippen LogP contribution in [0.3, 0.4) is 0 Å². The summed E-state index contributed by atoms with van der Waals surface area (Å²) in [5.41, 5.74) is 9.44. The van der Waals surface area contributed by atoms with E-state index in [1.54, 1.807) is 6.07 Å². The number of primary amides is 1. The highest BCUT2D eigenvalue weighted by molar-refractivity contribution is 5.98. The minimum absolute atomic E-state index is 0.440. The molecule has 0 aromatic carbocycles. The van der Waals surface area contributed by atoms with Crippen molar-refractivity contribution < 1.29 is 4.79 Å². The first-order valence-corrected chi connectivity index (χ1v) is 4.77. The van der Waals surface area contributed by atoms with Gasteiger partial charge in [-0.25, -0.2) is 4.98 Å². The number of pyridine rings is 1. The number of hydrogen-bond donors (Lipinski definition) is 1. The van der Waals surface area contributed by atoms with Gasteiger partial charge in [0.2, 0.25) is 0 Å². The van der Waals surface area contributed by atoms with E-state index < -0.39 is 5.91 Å². The van der Waals surface area contributed by atoms with Crippen molar-refractivity contribution in [1.29, 1.82) is 0 Å². The van der Waals surface area contributed by atoms with Crippen LogP contribution in [-0.2, 0) is 0 Å². The predicted octanol–water partition coefficient (Wildman–Crippen LogP) is 1.36. The largest absolute Gasteiger partial charge is 0.365 e. The van der Waals surface area contributed by atoms with Crippen LogP contribution < -0.4 is 5.73 Å². The Bertz CT molecular complexity index is 554. The van der Waals surface area contributed by atoms with Crippen molar-refractivity contribution in [3.05, 3.63) is 34.8 Å². The molecular formula is C11H13N3O. The van der Waals surface area contributed by atoms with Crippen molar-refractivity contribution in [1.82, 2.24) is 9.38 Å². The van der Waals surface area contributed by atoms with Gasteiger partial charge in [-0.3, -0.25) is 4.79 Å². The van der Waals surface area contributed by atoms with Gasteiger partial charge < -0.3 is 10.1 Å². The topological polar surface area (TPSA) is 60.4 Å². The molecule has 0 aliphatic rings. The number of aryl methyl sites for hydroxylation is 3. The van der Waals surface area contributed by atoms with Crippen molar-refractivity contribution in [2.45, 2.75) is 20.8 Å². The summed E-state index contributed by atoms with van der Waals surface area (Å²) < 4.78 is 1.95. The first-order chi connectivity index (χ1) is 7.02. The molecule has 0 spiro atoms. The Morgan fingerprint density at radius 1 is 1.33 bits per heavy atom. The van der Waals surface area contributed by atoms with Crippen LogP contribution >= 0.6 is 0 Å². The van der Waals surface area contributed by atoms with Gasteiger partial charge in [-0.1, -0.05) is 0 Å². The summed E-state index contributed by atoms with van der Waals surface area (Å²) in [6, 6.07) is 3.60. The Kier molecular flexibility index (Phi) is 2.00. The van der Waals surface area contributed by atoms with Gasteiger partial charge in [0.25, 0.3) is 5.91 Å². The Labute approximate surface area is 87.7 Å². The van der Waals surface area contributed by atoms with Gasteiger partial charge in [0, 0.05) is 11.4 Å². The van der Waals surface area contributed by atoms with E-state index in [1.807, 2.05) is 31.2 Å². The molecule has 0 bridgehead atoms. The Morgan fingerprint density at radius 2 is 2.00 bits per heavy atom. The molecule has 2 heterocycles. The molecule has 0 saturated heterocycles. The van der Waals surface area contributed by atoms with Crippen LogP contribution in [0, 0.1) is 20.8 Å². The number of nitrogens with two attached hydrogens (primary N) is 1. The molecule has 4 nitrogen and oxygen atoms in total. The van der Waals surface area contributed by atoms with Gasteiger partial charge in [0.15, 0.2) is 0 Å². The average molecular weight is 203 g/mol. The summed E-state index contributed by atoms with van der Waals surface area (Å²) in [5, 5.41) is 0. The smallest absolute Gasteiger partial charge is 0.252 e. The average Bonchev–Trinajstić information content (AvgIpc) is 2.44. The summed E-state index contributed by atoms with van der Waals surface area (Å²) in [6.45, 7) is 5.88. The molecule has 15 heavy (non-hydrogen) atoms. The molecule has 2 aromatic rings. The number of amides is 1. The minimum atomic E-state index is -0.440. The molecule has 2 aromatic heterocycles. The number of carbonyl (C=O) groups is 1. The lowest BCUT2D eigenvalue weighted by Crippen LogP contribution is -2.13. The lowest BCUT2D eigenvalue weighted by Gasteiger charge is -2.04. The van der Waals surface area contributed by atoms with Gasteiger partial charge in [-0.2, -0.15) is 0 Å². The third kappa shape index (κ3) is 1.29. The quantitative estimate of drug-likeness (QED) is 0.760. The zero-order chi connectivity index (χ0) is 11.2. The maximum absolute atomic E-state index is 11.2. The van der Waals surface area contributed by atoms with E-state index in [9.17, 15) is 4.79 Å². The van der Waals surface area contributed by atoms with Crippen LogP contribution in [0.1, 0.15) is 27.4 Å². The van der Waals surface area contributed by atoms with Gasteiger partial charge in [0.1, 0.15) is 5.65 Å². The monoisotopic (exact) mass is 203 g/mol. The standard InChI is InChI=1S/C11H13N3O/c1-6-4-5-9(10(12)15)11-13-7(2)8(3)14(6)11/h4-5H,1-3H3,(H2,12,15). The van der Waals surface area contributed by atoms with E-state index in [-0.39, 0.29) is 0 Å². The Hall–Kier alpha value is -1.84. The van der Waals surface area contributed by atoms with Gasteiger partial charge in [0.05, 0.1) is 11.3 Å². The van der Waals surface area contributed by atoms with E-state index in [0.717, 1.165) is 17.1 Å². The van der Waals surface area contributed by atoms with Crippen molar-refractivity contribution in [3.8, 4) is 0 Å². The maximum Gasteiger partial charge on any atom is 0.252 e. The van der Waals surface area contributed by atoms with Crippen LogP contribution in [0.5, 0.6) is 0 Å². The second-order valence-electron chi connectivity index (χ2n) is 3.69. The fraction of sp³-hybridized carbons (Fsp3) is 0.273. The van der Waals surface area contributed by atoms with Crippen LogP contribution in [0.25, 0.3) is 5.65 Å². The highest BCUT2D eigenvalue weighted by atomic mass is 16.1. The van der Waals surface area contributed by atoms with Crippen molar-refractivity contribution in [3.63, 3.8) is 0 Å². The van der Waals surface area contributed by atoms with Gasteiger partial charge >= 0.3 is 0 Å². The number of rotatable bonds is 1. The first-order valence-electron chi connectivity index (χ1n) is 4.77. The van der Waals surface area contributed by atoms with Crippen molar-refractivity contribution in [2.75, 3.05) is 0 Å². The fourth-order valence-corrected chi connectivity index (χ4v) is 1.77. The lowest BCUT2D eigenvalue weighted by molar-refractivity contribution is 0.100. The molecule has 0 aliphatic heterocycles. The third-order valence-corrected chi connectivity index (χ3v) is 2.69.